The van der Waals surface area contributed by atoms with E-state index in [0.717, 1.165) is 38.0 Å². The molecule has 2 fully saturated rings. The first-order chi connectivity index (χ1) is 13.9. The summed E-state index contributed by atoms with van der Waals surface area (Å²) in [5, 5.41) is 12.6. The number of phenolic OH excluding ortho intramolecular Hbond substituents is 1. The van der Waals surface area contributed by atoms with Gasteiger partial charge in [0.15, 0.2) is 0 Å². The molecular weight excluding hydrogens is 368 g/mol. The molecule has 0 radical (unpaired) electrons. The normalized spacial score (nSPS) is 25.3. The van der Waals surface area contributed by atoms with Crippen LogP contribution in [0.1, 0.15) is 38.7 Å². The number of amides is 2. The average Bonchev–Trinajstić information content (AvgIpc) is 3.08. The molecular formula is C22H34N4O3. The van der Waals surface area contributed by atoms with Gasteiger partial charge in [-0.2, -0.15) is 0 Å². The molecule has 0 saturated carbocycles. The van der Waals surface area contributed by atoms with Gasteiger partial charge in [0.25, 0.3) is 0 Å². The number of fused-ring (bicyclic) bond motifs is 1. The number of nitrogens with one attached hydrogen (secondary N) is 1. The number of carbonyl (C=O) groups excluding carboxylic acids is 2. The van der Waals surface area contributed by atoms with Gasteiger partial charge in [0.05, 0.1) is 0 Å². The molecule has 1 aromatic carbocycles. The van der Waals surface area contributed by atoms with Crippen LogP contribution < -0.4 is 5.32 Å². The van der Waals surface area contributed by atoms with Crippen molar-refractivity contribution in [3.63, 3.8) is 0 Å². The number of phenols is 1. The summed E-state index contributed by atoms with van der Waals surface area (Å²) < 4.78 is 0. The Bertz CT molecular complexity index is 705. The van der Waals surface area contributed by atoms with Crippen LogP contribution in [0.5, 0.6) is 5.75 Å². The molecule has 2 saturated heterocycles. The summed E-state index contributed by atoms with van der Waals surface area (Å²) in [5.74, 6) is 0.522. The fourth-order valence-electron chi connectivity index (χ4n) is 4.69. The lowest BCUT2D eigenvalue weighted by Gasteiger charge is -2.33. The van der Waals surface area contributed by atoms with Gasteiger partial charge in [0, 0.05) is 51.2 Å². The third kappa shape index (κ3) is 4.90. The zero-order valence-electron chi connectivity index (χ0n) is 17.8. The molecule has 160 valence electrons. The molecule has 2 heterocycles. The van der Waals surface area contributed by atoms with Crippen LogP contribution in [0, 0.1) is 0 Å². The van der Waals surface area contributed by atoms with Crippen LogP contribution in [0.3, 0.4) is 0 Å². The lowest BCUT2D eigenvalue weighted by atomic mass is 10.0. The van der Waals surface area contributed by atoms with Crippen molar-refractivity contribution in [2.24, 2.45) is 0 Å². The molecule has 0 spiro atoms. The first-order valence-corrected chi connectivity index (χ1v) is 10.7. The van der Waals surface area contributed by atoms with Gasteiger partial charge >= 0.3 is 0 Å². The Labute approximate surface area is 173 Å². The molecule has 2 amide bonds. The molecule has 1 aromatic rings. The van der Waals surface area contributed by atoms with Gasteiger partial charge in [0.1, 0.15) is 11.8 Å². The van der Waals surface area contributed by atoms with Gasteiger partial charge in [-0.3, -0.25) is 19.4 Å². The Kier molecular flexibility index (Phi) is 7.14. The van der Waals surface area contributed by atoms with E-state index < -0.39 is 0 Å². The second-order valence-corrected chi connectivity index (χ2v) is 8.11. The Hall–Kier alpha value is -2.12. The van der Waals surface area contributed by atoms with Crippen LogP contribution >= 0.6 is 0 Å². The summed E-state index contributed by atoms with van der Waals surface area (Å²) in [6, 6.07) is 7.32. The van der Waals surface area contributed by atoms with E-state index >= 15 is 0 Å². The molecule has 0 unspecified atom stereocenters. The smallest absolute Gasteiger partial charge is 0.239 e. The minimum atomic E-state index is -0.183. The van der Waals surface area contributed by atoms with E-state index in [-0.39, 0.29) is 35.7 Å². The van der Waals surface area contributed by atoms with Gasteiger partial charge in [-0.05, 0) is 51.4 Å². The molecule has 2 N–H and O–H groups in total. The summed E-state index contributed by atoms with van der Waals surface area (Å²) >= 11 is 0. The van der Waals surface area contributed by atoms with Gasteiger partial charge in [-0.1, -0.05) is 12.1 Å². The van der Waals surface area contributed by atoms with Crippen molar-refractivity contribution < 1.29 is 14.7 Å². The Morgan fingerprint density at radius 3 is 2.59 bits per heavy atom. The summed E-state index contributed by atoms with van der Waals surface area (Å²) in [7, 11) is 2.09. The van der Waals surface area contributed by atoms with E-state index in [4.69, 9.17) is 0 Å². The Morgan fingerprint density at radius 1 is 1.24 bits per heavy atom. The minimum absolute atomic E-state index is 0.0793. The molecule has 0 bridgehead atoms. The third-order valence-corrected chi connectivity index (χ3v) is 6.48. The molecule has 2 aliphatic rings. The van der Waals surface area contributed by atoms with Crippen LogP contribution in [-0.4, -0.2) is 83.0 Å². The highest BCUT2D eigenvalue weighted by Crippen LogP contribution is 2.29. The summed E-state index contributed by atoms with van der Waals surface area (Å²) in [6.07, 6.45) is 2.21. The number of carbonyl (C=O) groups is 2. The predicted octanol–water partition coefficient (Wildman–Crippen LogP) is 1.41. The molecule has 0 aliphatic carbocycles. The highest BCUT2D eigenvalue weighted by Gasteiger charge is 2.44. The highest BCUT2D eigenvalue weighted by molar-refractivity contribution is 5.83. The van der Waals surface area contributed by atoms with Gasteiger partial charge in [-0.15, -0.1) is 0 Å². The molecule has 29 heavy (non-hydrogen) atoms. The zero-order chi connectivity index (χ0) is 21.0. The number of benzene rings is 1. The molecule has 7 heteroatoms. The van der Waals surface area contributed by atoms with Crippen LogP contribution in [0.4, 0.5) is 0 Å². The van der Waals surface area contributed by atoms with E-state index in [1.807, 2.05) is 30.9 Å². The third-order valence-electron chi connectivity index (χ3n) is 6.48. The fraction of sp³-hybridized carbons (Fsp3) is 0.636. The van der Waals surface area contributed by atoms with Crippen LogP contribution in [0.25, 0.3) is 0 Å². The SMILES string of the molecule is CCN(CC)C(=O)CC[C@H]1CNC(=O)[C@@H]2[C@@H](CCN2Cc2ccc(O)cc2)N1C. The zero-order valence-corrected chi connectivity index (χ0v) is 17.8. The number of likely N-dealkylation sites (N-methyl/N-ethyl adjacent to an activating group) is 1. The van der Waals surface area contributed by atoms with Crippen LogP contribution in [0.2, 0.25) is 0 Å². The maximum Gasteiger partial charge on any atom is 0.239 e. The first-order valence-electron chi connectivity index (χ1n) is 10.7. The average molecular weight is 403 g/mol. The summed E-state index contributed by atoms with van der Waals surface area (Å²) in [6.45, 7) is 7.62. The van der Waals surface area contributed by atoms with E-state index in [0.29, 0.717) is 19.5 Å². The predicted molar refractivity (Wildman–Crippen MR) is 112 cm³/mol. The second-order valence-electron chi connectivity index (χ2n) is 8.11. The number of aromatic hydroxyl groups is 1. The molecule has 7 nitrogen and oxygen atoms in total. The molecule has 3 atom stereocenters. The van der Waals surface area contributed by atoms with Crippen molar-refractivity contribution in [1.29, 1.82) is 0 Å². The standard InChI is InChI=1S/C22H34N4O3/c1-4-25(5-2)20(28)11-8-17-14-23-22(29)21-19(24(17)3)12-13-26(21)15-16-6-9-18(27)10-7-16/h6-7,9-10,17,19,21,27H,4-5,8,11-15H2,1-3H3,(H,23,29)/t17-,19+,21-/m0/s1. The number of rotatable bonds is 7. The van der Waals surface area contributed by atoms with E-state index in [1.54, 1.807) is 12.1 Å². The lowest BCUT2D eigenvalue weighted by Crippen LogP contribution is -2.49. The number of hydrogen-bond acceptors (Lipinski definition) is 5. The Morgan fingerprint density at radius 2 is 1.93 bits per heavy atom. The fourth-order valence-corrected chi connectivity index (χ4v) is 4.69. The first kappa shape index (κ1) is 21.6. The van der Waals surface area contributed by atoms with Crippen LogP contribution in [0.15, 0.2) is 24.3 Å². The van der Waals surface area contributed by atoms with Crippen LogP contribution in [-0.2, 0) is 16.1 Å². The maximum absolute atomic E-state index is 12.9. The van der Waals surface area contributed by atoms with Crippen molar-refractivity contribution in [1.82, 2.24) is 20.0 Å². The highest BCUT2D eigenvalue weighted by atomic mass is 16.3. The van der Waals surface area contributed by atoms with Crippen molar-refractivity contribution in [2.45, 2.75) is 57.8 Å². The molecule has 0 aromatic heterocycles. The van der Waals surface area contributed by atoms with E-state index in [9.17, 15) is 14.7 Å². The molecule has 2 aliphatic heterocycles. The van der Waals surface area contributed by atoms with E-state index in [2.05, 4.69) is 22.2 Å². The Balaban J connectivity index is 1.64. The monoisotopic (exact) mass is 402 g/mol. The quantitative estimate of drug-likeness (QED) is 0.721. The topological polar surface area (TPSA) is 76.1 Å². The number of nitrogens with zero attached hydrogens (tertiary/aromatic N) is 3. The van der Waals surface area contributed by atoms with Crippen molar-refractivity contribution >= 4 is 11.8 Å². The van der Waals surface area contributed by atoms with Crippen molar-refractivity contribution in [3.05, 3.63) is 29.8 Å². The van der Waals surface area contributed by atoms with Crippen molar-refractivity contribution in [3.8, 4) is 5.75 Å². The summed E-state index contributed by atoms with van der Waals surface area (Å²) in [5.41, 5.74) is 1.09. The largest absolute Gasteiger partial charge is 0.508 e. The number of likely N-dealkylation sites (tertiary alicyclic amines) is 1. The van der Waals surface area contributed by atoms with Gasteiger partial charge in [0.2, 0.25) is 11.8 Å². The maximum atomic E-state index is 12.9. The minimum Gasteiger partial charge on any atom is -0.508 e. The molecule has 3 rings (SSSR count). The second kappa shape index (κ2) is 9.59. The van der Waals surface area contributed by atoms with Crippen molar-refractivity contribution in [2.75, 3.05) is 33.2 Å². The lowest BCUT2D eigenvalue weighted by molar-refractivity contribution is -0.131. The van der Waals surface area contributed by atoms with Gasteiger partial charge < -0.3 is 15.3 Å². The van der Waals surface area contributed by atoms with Gasteiger partial charge in [-0.25, -0.2) is 0 Å². The summed E-state index contributed by atoms with van der Waals surface area (Å²) in [4.78, 5) is 31.7. The van der Waals surface area contributed by atoms with E-state index in [1.165, 1.54) is 0 Å². The number of hydrogen-bond donors (Lipinski definition) is 2.